The van der Waals surface area contributed by atoms with Crippen molar-refractivity contribution in [2.75, 3.05) is 19.0 Å². The van der Waals surface area contributed by atoms with E-state index in [0.717, 1.165) is 10.9 Å². The molecule has 1 aromatic carbocycles. The molecule has 0 unspecified atom stereocenters. The number of hydrogen-bond donors (Lipinski definition) is 1. The number of nitrogens with zero attached hydrogens (tertiary/aromatic N) is 3. The van der Waals surface area contributed by atoms with Crippen LogP contribution < -0.4 is 15.7 Å². The molecule has 11 heteroatoms. The average Bonchev–Trinajstić information content (AvgIpc) is 3.04. The minimum atomic E-state index is -0.957. The molecular weight excluding hydrogens is 384 g/mol. The number of esters is 1. The minimum absolute atomic E-state index is 0.0423. The van der Waals surface area contributed by atoms with E-state index in [2.05, 4.69) is 10.3 Å². The molecule has 0 bridgehead atoms. The maximum Gasteiger partial charge on any atom is 0.374 e. The first-order chi connectivity index (χ1) is 14.0. The maximum atomic E-state index is 12.4. The van der Waals surface area contributed by atoms with E-state index in [4.69, 9.17) is 14.0 Å². The number of aromatic nitrogens is 2. The predicted octanol–water partition coefficient (Wildman–Crippen LogP) is 2.66. The molecule has 0 aliphatic heterocycles. The molecule has 2 aromatic heterocycles. The number of methoxy groups -OCH3 is 1. The van der Waals surface area contributed by atoms with Gasteiger partial charge in [-0.25, -0.2) is 14.6 Å². The molecule has 3 rings (SSSR count). The SMILES string of the molecule is CCOC(=O)c1c(Nc2ccccc2OC)n(-c2ccc([N+](=O)[O-])cn2)oc1=O. The molecule has 0 saturated carbocycles. The first-order valence-corrected chi connectivity index (χ1v) is 8.40. The molecule has 0 radical (unpaired) electrons. The Hall–Kier alpha value is -4.15. The fourth-order valence-corrected chi connectivity index (χ4v) is 2.51. The van der Waals surface area contributed by atoms with Crippen molar-refractivity contribution < 1.29 is 23.7 Å². The van der Waals surface area contributed by atoms with Crippen LogP contribution in [-0.4, -0.2) is 34.3 Å². The van der Waals surface area contributed by atoms with Gasteiger partial charge in [0.2, 0.25) is 0 Å². The molecule has 3 aromatic rings. The number of hydrogen-bond acceptors (Lipinski definition) is 9. The molecule has 0 spiro atoms. The van der Waals surface area contributed by atoms with Crippen LogP contribution in [-0.2, 0) is 4.74 Å². The summed E-state index contributed by atoms with van der Waals surface area (Å²) in [6.07, 6.45) is 1.01. The van der Waals surface area contributed by atoms with Gasteiger partial charge >= 0.3 is 11.6 Å². The van der Waals surface area contributed by atoms with Crippen LogP contribution in [0.1, 0.15) is 17.3 Å². The monoisotopic (exact) mass is 400 g/mol. The topological polar surface area (TPSA) is 139 Å². The number of pyridine rings is 1. The largest absolute Gasteiger partial charge is 0.495 e. The summed E-state index contributed by atoms with van der Waals surface area (Å²) >= 11 is 0. The lowest BCUT2D eigenvalue weighted by molar-refractivity contribution is -0.385. The van der Waals surface area contributed by atoms with Gasteiger partial charge in [-0.2, -0.15) is 0 Å². The van der Waals surface area contributed by atoms with E-state index in [1.165, 1.54) is 19.2 Å². The summed E-state index contributed by atoms with van der Waals surface area (Å²) in [6, 6.07) is 9.29. The van der Waals surface area contributed by atoms with Crippen molar-refractivity contribution in [3.8, 4) is 11.6 Å². The highest BCUT2D eigenvalue weighted by Crippen LogP contribution is 2.30. The van der Waals surface area contributed by atoms with Gasteiger partial charge in [0, 0.05) is 6.07 Å². The highest BCUT2D eigenvalue weighted by atomic mass is 16.6. The minimum Gasteiger partial charge on any atom is -0.495 e. The number of para-hydroxylation sites is 2. The van der Waals surface area contributed by atoms with Gasteiger partial charge in [-0.05, 0) is 25.1 Å². The molecule has 150 valence electrons. The van der Waals surface area contributed by atoms with Crippen LogP contribution in [0.3, 0.4) is 0 Å². The van der Waals surface area contributed by atoms with Gasteiger partial charge in [0.05, 0.1) is 24.3 Å². The van der Waals surface area contributed by atoms with Crippen molar-refractivity contribution in [1.29, 1.82) is 0 Å². The second kappa shape index (κ2) is 8.25. The first kappa shape index (κ1) is 19.6. The Morgan fingerprint density at radius 1 is 1.31 bits per heavy atom. The van der Waals surface area contributed by atoms with Crippen molar-refractivity contribution in [3.63, 3.8) is 0 Å². The van der Waals surface area contributed by atoms with Crippen molar-refractivity contribution >= 4 is 23.2 Å². The number of anilines is 2. The molecule has 29 heavy (non-hydrogen) atoms. The summed E-state index contributed by atoms with van der Waals surface area (Å²) < 4.78 is 16.4. The third-order valence-electron chi connectivity index (χ3n) is 3.81. The summed E-state index contributed by atoms with van der Waals surface area (Å²) in [5.41, 5.74) is -1.14. The van der Waals surface area contributed by atoms with Crippen LogP contribution in [0.15, 0.2) is 51.9 Å². The normalized spacial score (nSPS) is 10.4. The summed E-state index contributed by atoms with van der Waals surface area (Å²) in [5, 5.41) is 13.8. The van der Waals surface area contributed by atoms with E-state index in [-0.39, 0.29) is 29.5 Å². The highest BCUT2D eigenvalue weighted by Gasteiger charge is 2.27. The van der Waals surface area contributed by atoms with Crippen LogP contribution in [0.4, 0.5) is 17.2 Å². The van der Waals surface area contributed by atoms with Gasteiger partial charge in [-0.1, -0.05) is 12.1 Å². The van der Waals surface area contributed by atoms with Gasteiger partial charge < -0.3 is 19.3 Å². The lowest BCUT2D eigenvalue weighted by atomic mass is 10.2. The van der Waals surface area contributed by atoms with Crippen LogP contribution in [0.2, 0.25) is 0 Å². The number of nitrogens with one attached hydrogen (secondary N) is 1. The quantitative estimate of drug-likeness (QED) is 0.360. The van der Waals surface area contributed by atoms with E-state index in [0.29, 0.717) is 11.4 Å². The van der Waals surface area contributed by atoms with E-state index in [9.17, 15) is 19.7 Å². The second-order valence-electron chi connectivity index (χ2n) is 5.57. The Labute approximate surface area is 163 Å². The summed E-state index contributed by atoms with van der Waals surface area (Å²) in [6.45, 7) is 1.65. The molecular formula is C18H16N4O7. The van der Waals surface area contributed by atoms with Crippen LogP contribution in [0, 0.1) is 10.1 Å². The summed E-state index contributed by atoms with van der Waals surface area (Å²) in [5.74, 6) is -0.460. The third kappa shape index (κ3) is 3.93. The lowest BCUT2D eigenvalue weighted by Crippen LogP contribution is -2.15. The smallest absolute Gasteiger partial charge is 0.374 e. The number of ether oxygens (including phenoxy) is 2. The van der Waals surface area contributed by atoms with E-state index < -0.39 is 16.5 Å². The standard InChI is InChI=1S/C18H16N4O7/c1-3-28-17(23)15-16(20-12-6-4-5-7-13(12)27-2)21(29-18(15)24)14-9-8-11(10-19-14)22(25)26/h4-10,20H,3H2,1-2H3. The van der Waals surface area contributed by atoms with Crippen LogP contribution >= 0.6 is 0 Å². The fourth-order valence-electron chi connectivity index (χ4n) is 2.51. The highest BCUT2D eigenvalue weighted by molar-refractivity contribution is 5.95. The van der Waals surface area contributed by atoms with Crippen LogP contribution in [0.5, 0.6) is 5.75 Å². The summed E-state index contributed by atoms with van der Waals surface area (Å²) in [4.78, 5) is 38.9. The molecule has 0 saturated heterocycles. The molecule has 11 nitrogen and oxygen atoms in total. The molecule has 2 heterocycles. The fraction of sp³-hybridized carbons (Fsp3) is 0.167. The first-order valence-electron chi connectivity index (χ1n) is 8.40. The van der Waals surface area contributed by atoms with Crippen molar-refractivity contribution in [2.45, 2.75) is 6.92 Å². The van der Waals surface area contributed by atoms with Gasteiger partial charge in [0.1, 0.15) is 11.9 Å². The van der Waals surface area contributed by atoms with E-state index in [1.807, 2.05) is 0 Å². The zero-order valence-corrected chi connectivity index (χ0v) is 15.4. The second-order valence-corrected chi connectivity index (χ2v) is 5.57. The zero-order chi connectivity index (χ0) is 21.0. The molecule has 0 atom stereocenters. The predicted molar refractivity (Wildman–Crippen MR) is 101 cm³/mol. The number of nitro groups is 1. The molecule has 1 N–H and O–H groups in total. The van der Waals surface area contributed by atoms with Crippen molar-refractivity contribution in [2.24, 2.45) is 0 Å². The van der Waals surface area contributed by atoms with Crippen LogP contribution in [0.25, 0.3) is 5.82 Å². The van der Waals surface area contributed by atoms with Gasteiger partial charge in [0.15, 0.2) is 17.2 Å². The number of rotatable bonds is 7. The Morgan fingerprint density at radius 3 is 2.69 bits per heavy atom. The van der Waals surface area contributed by atoms with E-state index >= 15 is 0 Å². The van der Waals surface area contributed by atoms with Crippen molar-refractivity contribution in [3.05, 3.63) is 68.7 Å². The Kier molecular flexibility index (Phi) is 5.58. The number of carbonyl (C=O) groups excluding carboxylic acids is 1. The number of benzene rings is 1. The third-order valence-corrected chi connectivity index (χ3v) is 3.81. The average molecular weight is 400 g/mol. The lowest BCUT2D eigenvalue weighted by Gasteiger charge is -2.12. The molecule has 0 aliphatic rings. The Morgan fingerprint density at radius 2 is 2.07 bits per heavy atom. The molecule has 0 fully saturated rings. The maximum absolute atomic E-state index is 12.4. The van der Waals surface area contributed by atoms with Gasteiger partial charge in [-0.15, -0.1) is 4.74 Å². The Bertz CT molecular complexity index is 1100. The molecule has 0 aliphatic carbocycles. The number of carbonyl (C=O) groups is 1. The molecule has 0 amide bonds. The Balaban J connectivity index is 2.15. The summed E-state index contributed by atoms with van der Waals surface area (Å²) in [7, 11) is 1.47. The zero-order valence-electron chi connectivity index (χ0n) is 15.4. The van der Waals surface area contributed by atoms with Crippen molar-refractivity contribution in [1.82, 2.24) is 9.72 Å². The van der Waals surface area contributed by atoms with E-state index in [1.54, 1.807) is 31.2 Å². The van der Waals surface area contributed by atoms with Gasteiger partial charge in [0.25, 0.3) is 5.69 Å². The van der Waals surface area contributed by atoms with Gasteiger partial charge in [-0.3, -0.25) is 10.1 Å².